The van der Waals surface area contributed by atoms with Gasteiger partial charge >= 0.3 is 0 Å². The molecule has 1 rings (SSSR count). The van der Waals surface area contributed by atoms with Crippen molar-refractivity contribution < 1.29 is 4.74 Å². The number of imidazole rings is 1. The van der Waals surface area contributed by atoms with E-state index in [1.165, 1.54) is 0 Å². The molecule has 0 unspecified atom stereocenters. The maximum Gasteiger partial charge on any atom is 0.0925 e. The standard InChI is InChI=1S/C11H21N3O/c1-9(2)15-6-4-5-12-7-11-10(3)13-8-14-11/h8-9,12H,4-7H2,1-3H3,(H,13,14). The molecule has 0 radical (unpaired) electrons. The van der Waals surface area contributed by atoms with Gasteiger partial charge in [-0.15, -0.1) is 0 Å². The second-order valence-electron chi connectivity index (χ2n) is 3.92. The fourth-order valence-electron chi connectivity index (χ4n) is 1.29. The van der Waals surface area contributed by atoms with Crippen LogP contribution in [0.4, 0.5) is 0 Å². The molecule has 0 amide bonds. The van der Waals surface area contributed by atoms with Gasteiger partial charge in [0.2, 0.25) is 0 Å². The van der Waals surface area contributed by atoms with Crippen LogP contribution in [0, 0.1) is 6.92 Å². The van der Waals surface area contributed by atoms with Gasteiger partial charge in [-0.25, -0.2) is 4.98 Å². The Hall–Kier alpha value is -0.870. The number of rotatable bonds is 7. The normalized spacial score (nSPS) is 11.2. The van der Waals surface area contributed by atoms with Crippen molar-refractivity contribution in [1.29, 1.82) is 0 Å². The Labute approximate surface area is 91.4 Å². The summed E-state index contributed by atoms with van der Waals surface area (Å²) in [7, 11) is 0. The molecule has 15 heavy (non-hydrogen) atoms. The van der Waals surface area contributed by atoms with Crippen LogP contribution in [0.25, 0.3) is 0 Å². The van der Waals surface area contributed by atoms with E-state index in [-0.39, 0.29) is 0 Å². The Kier molecular flexibility index (Phi) is 5.36. The predicted octanol–water partition coefficient (Wildman–Crippen LogP) is 1.62. The van der Waals surface area contributed by atoms with Crippen molar-refractivity contribution in [2.75, 3.05) is 13.2 Å². The summed E-state index contributed by atoms with van der Waals surface area (Å²) in [4.78, 5) is 7.27. The van der Waals surface area contributed by atoms with Crippen LogP contribution in [-0.2, 0) is 11.3 Å². The third kappa shape index (κ3) is 4.95. The first-order chi connectivity index (χ1) is 7.20. The fourth-order valence-corrected chi connectivity index (χ4v) is 1.29. The van der Waals surface area contributed by atoms with Crippen LogP contribution < -0.4 is 5.32 Å². The van der Waals surface area contributed by atoms with Crippen LogP contribution in [0.5, 0.6) is 0 Å². The molecule has 4 heteroatoms. The Morgan fingerprint density at radius 1 is 1.53 bits per heavy atom. The largest absolute Gasteiger partial charge is 0.379 e. The van der Waals surface area contributed by atoms with E-state index in [1.807, 2.05) is 6.92 Å². The van der Waals surface area contributed by atoms with Gasteiger partial charge in [-0.05, 0) is 33.7 Å². The average molecular weight is 211 g/mol. The van der Waals surface area contributed by atoms with Gasteiger partial charge < -0.3 is 15.0 Å². The molecule has 0 spiro atoms. The van der Waals surface area contributed by atoms with Gasteiger partial charge in [0.1, 0.15) is 0 Å². The zero-order chi connectivity index (χ0) is 11.1. The van der Waals surface area contributed by atoms with Crippen LogP contribution in [0.2, 0.25) is 0 Å². The van der Waals surface area contributed by atoms with Gasteiger partial charge in [0, 0.05) is 18.8 Å². The maximum absolute atomic E-state index is 5.44. The first-order valence-electron chi connectivity index (χ1n) is 5.51. The second-order valence-corrected chi connectivity index (χ2v) is 3.92. The van der Waals surface area contributed by atoms with E-state index in [4.69, 9.17) is 4.74 Å². The average Bonchev–Trinajstić information content (AvgIpc) is 2.57. The van der Waals surface area contributed by atoms with Crippen molar-refractivity contribution in [3.8, 4) is 0 Å². The van der Waals surface area contributed by atoms with Crippen molar-refractivity contribution in [2.45, 2.75) is 39.8 Å². The molecule has 1 aromatic heterocycles. The lowest BCUT2D eigenvalue weighted by atomic mass is 10.3. The van der Waals surface area contributed by atoms with Crippen molar-refractivity contribution in [2.24, 2.45) is 0 Å². The van der Waals surface area contributed by atoms with E-state index < -0.39 is 0 Å². The summed E-state index contributed by atoms with van der Waals surface area (Å²) in [5.74, 6) is 0. The molecule has 0 bridgehead atoms. The monoisotopic (exact) mass is 211 g/mol. The topological polar surface area (TPSA) is 49.9 Å². The summed E-state index contributed by atoms with van der Waals surface area (Å²) in [6.45, 7) is 8.77. The number of nitrogens with one attached hydrogen (secondary N) is 2. The van der Waals surface area contributed by atoms with Crippen molar-refractivity contribution in [1.82, 2.24) is 15.3 Å². The van der Waals surface area contributed by atoms with E-state index in [2.05, 4.69) is 29.1 Å². The molecule has 2 N–H and O–H groups in total. The van der Waals surface area contributed by atoms with Gasteiger partial charge in [-0.3, -0.25) is 0 Å². The first kappa shape index (κ1) is 12.2. The molecule has 0 aliphatic rings. The lowest BCUT2D eigenvalue weighted by Crippen LogP contribution is -2.18. The molecule has 86 valence electrons. The summed E-state index contributed by atoms with van der Waals surface area (Å²) in [6, 6.07) is 0. The number of aryl methyl sites for hydroxylation is 1. The van der Waals surface area contributed by atoms with E-state index in [0.717, 1.165) is 37.5 Å². The molecule has 0 atom stereocenters. The third-order valence-electron chi connectivity index (χ3n) is 2.18. The zero-order valence-electron chi connectivity index (χ0n) is 9.84. The minimum Gasteiger partial charge on any atom is -0.379 e. The highest BCUT2D eigenvalue weighted by Gasteiger charge is 1.99. The molecule has 4 nitrogen and oxygen atoms in total. The minimum absolute atomic E-state index is 0.332. The summed E-state index contributed by atoms with van der Waals surface area (Å²) in [6.07, 6.45) is 3.11. The van der Waals surface area contributed by atoms with E-state index in [1.54, 1.807) is 6.33 Å². The molecule has 0 aliphatic carbocycles. The van der Waals surface area contributed by atoms with Gasteiger partial charge in [0.25, 0.3) is 0 Å². The van der Waals surface area contributed by atoms with Crippen LogP contribution in [0.15, 0.2) is 6.33 Å². The van der Waals surface area contributed by atoms with Gasteiger partial charge in [0.05, 0.1) is 18.1 Å². The maximum atomic E-state index is 5.44. The highest BCUT2D eigenvalue weighted by atomic mass is 16.5. The van der Waals surface area contributed by atoms with E-state index >= 15 is 0 Å². The Bertz CT molecular complexity index is 271. The number of hydrogen-bond acceptors (Lipinski definition) is 3. The summed E-state index contributed by atoms with van der Waals surface area (Å²) < 4.78 is 5.44. The highest BCUT2D eigenvalue weighted by Crippen LogP contribution is 1.99. The van der Waals surface area contributed by atoms with Crippen LogP contribution >= 0.6 is 0 Å². The van der Waals surface area contributed by atoms with Crippen LogP contribution in [0.1, 0.15) is 31.7 Å². The number of aromatic nitrogens is 2. The summed E-state index contributed by atoms with van der Waals surface area (Å²) >= 11 is 0. The van der Waals surface area contributed by atoms with E-state index in [0.29, 0.717) is 6.10 Å². The lowest BCUT2D eigenvalue weighted by Gasteiger charge is -2.07. The molecule has 0 aromatic carbocycles. The van der Waals surface area contributed by atoms with Gasteiger partial charge in [0.15, 0.2) is 0 Å². The zero-order valence-corrected chi connectivity index (χ0v) is 9.84. The summed E-state index contributed by atoms with van der Waals surface area (Å²) in [5, 5.41) is 3.34. The number of hydrogen-bond donors (Lipinski definition) is 2. The molecule has 1 heterocycles. The number of nitrogens with zero attached hydrogens (tertiary/aromatic N) is 1. The lowest BCUT2D eigenvalue weighted by molar-refractivity contribution is 0.0770. The molecule has 0 fully saturated rings. The summed E-state index contributed by atoms with van der Waals surface area (Å²) in [5.41, 5.74) is 2.24. The molecular formula is C11H21N3O. The first-order valence-corrected chi connectivity index (χ1v) is 5.51. The highest BCUT2D eigenvalue weighted by molar-refractivity contribution is 5.07. The minimum atomic E-state index is 0.332. The van der Waals surface area contributed by atoms with Crippen molar-refractivity contribution in [3.05, 3.63) is 17.7 Å². The molecule has 1 aromatic rings. The Morgan fingerprint density at radius 3 is 2.93 bits per heavy atom. The van der Waals surface area contributed by atoms with Crippen LogP contribution in [-0.4, -0.2) is 29.2 Å². The SMILES string of the molecule is Cc1[nH]cnc1CNCCCOC(C)C. The van der Waals surface area contributed by atoms with E-state index in [9.17, 15) is 0 Å². The number of H-pyrrole nitrogens is 1. The Balaban J connectivity index is 2.00. The van der Waals surface area contributed by atoms with Crippen molar-refractivity contribution >= 4 is 0 Å². The Morgan fingerprint density at radius 2 is 2.33 bits per heavy atom. The quantitative estimate of drug-likeness (QED) is 0.674. The second kappa shape index (κ2) is 6.58. The smallest absolute Gasteiger partial charge is 0.0925 e. The number of aromatic amines is 1. The van der Waals surface area contributed by atoms with Gasteiger partial charge in [-0.2, -0.15) is 0 Å². The van der Waals surface area contributed by atoms with Gasteiger partial charge in [-0.1, -0.05) is 0 Å². The molecule has 0 aliphatic heterocycles. The third-order valence-corrected chi connectivity index (χ3v) is 2.18. The predicted molar refractivity (Wildman–Crippen MR) is 60.7 cm³/mol. The van der Waals surface area contributed by atoms with Crippen molar-refractivity contribution in [3.63, 3.8) is 0 Å². The van der Waals surface area contributed by atoms with Crippen LogP contribution in [0.3, 0.4) is 0 Å². The fraction of sp³-hybridized carbons (Fsp3) is 0.727. The molecule has 0 saturated heterocycles. The molecular weight excluding hydrogens is 190 g/mol. The number of ether oxygens (including phenoxy) is 1. The molecule has 0 saturated carbocycles.